The van der Waals surface area contributed by atoms with E-state index < -0.39 is 0 Å². The maximum absolute atomic E-state index is 13.3. The summed E-state index contributed by atoms with van der Waals surface area (Å²) in [6.45, 7) is 4.34. The Kier molecular flexibility index (Phi) is 5.52. The molecule has 134 valence electrons. The fourth-order valence-electron chi connectivity index (χ4n) is 2.94. The fraction of sp³-hybridized carbons (Fsp3) is 0.200. The van der Waals surface area contributed by atoms with Gasteiger partial charge in [0, 0.05) is 24.1 Å². The summed E-state index contributed by atoms with van der Waals surface area (Å²) in [4.78, 5) is 16.9. The molecule has 0 aliphatic heterocycles. The van der Waals surface area contributed by atoms with Crippen LogP contribution in [-0.4, -0.2) is 22.0 Å². The van der Waals surface area contributed by atoms with Crippen LogP contribution in [0.15, 0.2) is 53.1 Å². The first-order valence-corrected chi connectivity index (χ1v) is 9.09. The van der Waals surface area contributed by atoms with Crippen molar-refractivity contribution in [3.05, 3.63) is 81.5 Å². The lowest BCUT2D eigenvalue weighted by molar-refractivity contribution is 0.0953. The Labute approximate surface area is 160 Å². The van der Waals surface area contributed by atoms with Crippen LogP contribution < -0.4 is 5.32 Å². The van der Waals surface area contributed by atoms with Crippen LogP contribution >= 0.6 is 15.9 Å². The largest absolute Gasteiger partial charge is 0.352 e. The van der Waals surface area contributed by atoms with Crippen molar-refractivity contribution in [3.8, 4) is 5.82 Å². The highest BCUT2D eigenvalue weighted by Crippen LogP contribution is 2.20. The highest BCUT2D eigenvalue weighted by molar-refractivity contribution is 9.10. The van der Waals surface area contributed by atoms with Crippen LogP contribution in [0.2, 0.25) is 0 Å². The molecule has 3 rings (SSSR count). The normalized spacial score (nSPS) is 10.8. The average Bonchev–Trinajstić information content (AvgIpc) is 2.93. The molecule has 0 unspecified atom stereocenters. The van der Waals surface area contributed by atoms with Gasteiger partial charge in [-0.3, -0.25) is 4.79 Å². The molecule has 1 aromatic carbocycles. The van der Waals surface area contributed by atoms with E-state index in [0.717, 1.165) is 22.8 Å². The van der Waals surface area contributed by atoms with Crippen molar-refractivity contribution in [1.29, 1.82) is 0 Å². The molecule has 6 heteroatoms. The molecular weight excluding hydrogens is 397 g/mol. The lowest BCUT2D eigenvalue weighted by Crippen LogP contribution is -2.26. The molecule has 2 heterocycles. The van der Waals surface area contributed by atoms with E-state index in [1.54, 1.807) is 18.3 Å². The maximum Gasteiger partial charge on any atom is 0.253 e. The van der Waals surface area contributed by atoms with Gasteiger partial charge in [-0.05, 0) is 72.1 Å². The molecule has 0 spiro atoms. The number of hydrogen-bond donors (Lipinski definition) is 1. The first-order chi connectivity index (χ1) is 12.5. The van der Waals surface area contributed by atoms with E-state index in [1.165, 1.54) is 6.07 Å². The summed E-state index contributed by atoms with van der Waals surface area (Å²) in [7, 11) is 0. The van der Waals surface area contributed by atoms with Crippen LogP contribution in [0, 0.1) is 19.7 Å². The van der Waals surface area contributed by atoms with Gasteiger partial charge >= 0.3 is 0 Å². The molecule has 0 bridgehead atoms. The zero-order chi connectivity index (χ0) is 18.7. The molecule has 0 fully saturated rings. The zero-order valence-corrected chi connectivity index (χ0v) is 16.2. The summed E-state index contributed by atoms with van der Waals surface area (Å²) < 4.78 is 15.7. The standard InChI is InChI=1S/C20H19BrFN3O/c1-13-11-16(14(2)25(13)19-5-3-4-9-23-19)20(26)24-10-8-15-6-7-18(22)17(21)12-15/h3-7,9,11-12H,8,10H2,1-2H3,(H,24,26). The Balaban J connectivity index is 1.69. The number of carbonyl (C=O) groups is 1. The number of aryl methyl sites for hydroxylation is 1. The van der Waals surface area contributed by atoms with Gasteiger partial charge in [-0.2, -0.15) is 0 Å². The number of amides is 1. The first kappa shape index (κ1) is 18.3. The monoisotopic (exact) mass is 415 g/mol. The summed E-state index contributed by atoms with van der Waals surface area (Å²) in [5, 5.41) is 2.93. The van der Waals surface area contributed by atoms with Gasteiger partial charge in [0.15, 0.2) is 0 Å². The number of nitrogens with one attached hydrogen (secondary N) is 1. The summed E-state index contributed by atoms with van der Waals surface area (Å²) in [5.74, 6) is 0.374. The van der Waals surface area contributed by atoms with Crippen LogP contribution in [0.25, 0.3) is 5.82 Å². The second-order valence-corrected chi connectivity index (χ2v) is 6.92. The quantitative estimate of drug-likeness (QED) is 0.672. The molecule has 3 aromatic rings. The molecule has 0 saturated heterocycles. The summed E-state index contributed by atoms with van der Waals surface area (Å²) in [6, 6.07) is 12.4. The molecule has 0 saturated carbocycles. The van der Waals surface area contributed by atoms with Crippen LogP contribution in [0.1, 0.15) is 27.3 Å². The van der Waals surface area contributed by atoms with Crippen LogP contribution in [0.4, 0.5) is 4.39 Å². The highest BCUT2D eigenvalue weighted by Gasteiger charge is 2.16. The van der Waals surface area contributed by atoms with Crippen molar-refractivity contribution in [2.45, 2.75) is 20.3 Å². The number of nitrogens with zero attached hydrogens (tertiary/aromatic N) is 2. The van der Waals surface area contributed by atoms with Gasteiger partial charge in [-0.15, -0.1) is 0 Å². The Hall–Kier alpha value is -2.47. The van der Waals surface area contributed by atoms with Crippen LogP contribution in [0.3, 0.4) is 0 Å². The third-order valence-electron chi connectivity index (χ3n) is 4.24. The third-order valence-corrected chi connectivity index (χ3v) is 4.85. The van der Waals surface area contributed by atoms with Gasteiger partial charge in [0.05, 0.1) is 10.0 Å². The average molecular weight is 416 g/mol. The Bertz CT molecular complexity index is 938. The van der Waals surface area contributed by atoms with Crippen LogP contribution in [-0.2, 0) is 6.42 Å². The lowest BCUT2D eigenvalue weighted by atomic mass is 10.1. The highest BCUT2D eigenvalue weighted by atomic mass is 79.9. The second-order valence-electron chi connectivity index (χ2n) is 6.06. The topological polar surface area (TPSA) is 46.9 Å². The molecule has 0 atom stereocenters. The van der Waals surface area contributed by atoms with E-state index in [2.05, 4.69) is 26.2 Å². The van der Waals surface area contributed by atoms with Crippen molar-refractivity contribution >= 4 is 21.8 Å². The van der Waals surface area contributed by atoms with Crippen molar-refractivity contribution in [2.75, 3.05) is 6.54 Å². The smallest absolute Gasteiger partial charge is 0.253 e. The molecule has 0 radical (unpaired) electrons. The second kappa shape index (κ2) is 7.83. The zero-order valence-electron chi connectivity index (χ0n) is 14.6. The molecule has 1 amide bonds. The Morgan fingerprint density at radius 2 is 2.04 bits per heavy atom. The van der Waals surface area contributed by atoms with E-state index >= 15 is 0 Å². The number of rotatable bonds is 5. The molecule has 4 nitrogen and oxygen atoms in total. The van der Waals surface area contributed by atoms with Gasteiger partial charge in [-0.25, -0.2) is 9.37 Å². The van der Waals surface area contributed by atoms with E-state index in [4.69, 9.17) is 0 Å². The maximum atomic E-state index is 13.3. The minimum absolute atomic E-state index is 0.124. The SMILES string of the molecule is Cc1cc(C(=O)NCCc2ccc(F)c(Br)c2)c(C)n1-c1ccccn1. The molecule has 26 heavy (non-hydrogen) atoms. The Morgan fingerprint density at radius 1 is 1.23 bits per heavy atom. The Morgan fingerprint density at radius 3 is 2.73 bits per heavy atom. The van der Waals surface area contributed by atoms with Crippen molar-refractivity contribution < 1.29 is 9.18 Å². The summed E-state index contributed by atoms with van der Waals surface area (Å²) >= 11 is 3.18. The van der Waals surface area contributed by atoms with Crippen molar-refractivity contribution in [1.82, 2.24) is 14.9 Å². The lowest BCUT2D eigenvalue weighted by Gasteiger charge is -2.09. The number of pyridine rings is 1. The summed E-state index contributed by atoms with van der Waals surface area (Å²) in [5.41, 5.74) is 3.39. The fourth-order valence-corrected chi connectivity index (χ4v) is 3.37. The van der Waals surface area contributed by atoms with Crippen LogP contribution in [0.5, 0.6) is 0 Å². The molecule has 0 aliphatic carbocycles. The van der Waals surface area contributed by atoms with Gasteiger partial charge < -0.3 is 9.88 Å². The first-order valence-electron chi connectivity index (χ1n) is 8.30. The summed E-state index contributed by atoms with van der Waals surface area (Å²) in [6.07, 6.45) is 2.36. The van der Waals surface area contributed by atoms with E-state index in [1.807, 2.05) is 42.7 Å². The van der Waals surface area contributed by atoms with E-state index in [9.17, 15) is 9.18 Å². The third kappa shape index (κ3) is 3.85. The van der Waals surface area contributed by atoms with Gasteiger partial charge in [-0.1, -0.05) is 12.1 Å². The molecular formula is C20H19BrFN3O. The predicted octanol–water partition coefficient (Wildman–Crippen LogP) is 4.36. The van der Waals surface area contributed by atoms with Gasteiger partial charge in [0.2, 0.25) is 0 Å². The number of halogens is 2. The minimum Gasteiger partial charge on any atom is -0.352 e. The number of aromatic nitrogens is 2. The van der Waals surface area contributed by atoms with Gasteiger partial charge in [0.25, 0.3) is 5.91 Å². The molecule has 2 aromatic heterocycles. The number of hydrogen-bond acceptors (Lipinski definition) is 2. The number of carbonyl (C=O) groups excluding carboxylic acids is 1. The predicted molar refractivity (Wildman–Crippen MR) is 103 cm³/mol. The minimum atomic E-state index is -0.292. The molecule has 1 N–H and O–H groups in total. The molecule has 0 aliphatic rings. The van der Waals surface area contributed by atoms with E-state index in [0.29, 0.717) is 23.0 Å². The van der Waals surface area contributed by atoms with Crippen molar-refractivity contribution in [2.24, 2.45) is 0 Å². The van der Waals surface area contributed by atoms with E-state index in [-0.39, 0.29) is 11.7 Å². The van der Waals surface area contributed by atoms with Gasteiger partial charge in [0.1, 0.15) is 11.6 Å². The number of benzene rings is 1. The van der Waals surface area contributed by atoms with Crippen molar-refractivity contribution in [3.63, 3.8) is 0 Å².